The molecule has 0 bridgehead atoms. The Hall–Kier alpha value is -0.780. The maximum atomic E-state index is 11.7. The van der Waals surface area contributed by atoms with Crippen LogP contribution in [0.3, 0.4) is 0 Å². The lowest BCUT2D eigenvalue weighted by Gasteiger charge is -2.25. The molecular formula is C11H22Cl2N4O. The van der Waals surface area contributed by atoms with Crippen LogP contribution in [0.4, 0.5) is 0 Å². The quantitative estimate of drug-likeness (QED) is 0.877. The molecular weight excluding hydrogens is 275 g/mol. The summed E-state index contributed by atoms with van der Waals surface area (Å²) in [5.41, 5.74) is 5.61. The summed E-state index contributed by atoms with van der Waals surface area (Å²) in [4.78, 5) is 15.6. The first kappa shape index (κ1) is 19.6. The Morgan fingerprint density at radius 2 is 2.06 bits per heavy atom. The second-order valence-corrected chi connectivity index (χ2v) is 4.94. The molecule has 0 aliphatic rings. The second kappa shape index (κ2) is 8.34. The van der Waals surface area contributed by atoms with Crippen LogP contribution in [0.25, 0.3) is 0 Å². The molecule has 0 aliphatic heterocycles. The summed E-state index contributed by atoms with van der Waals surface area (Å²) in [6.07, 6.45) is 5.29. The molecule has 0 fully saturated rings. The maximum absolute atomic E-state index is 11.7. The Bertz CT molecular complexity index is 335. The topological polar surface area (TPSA) is 72.9 Å². The van der Waals surface area contributed by atoms with Gasteiger partial charge in [-0.05, 0) is 5.41 Å². The van der Waals surface area contributed by atoms with Crippen LogP contribution in [0.2, 0.25) is 0 Å². The van der Waals surface area contributed by atoms with Gasteiger partial charge in [0.2, 0.25) is 5.91 Å². The van der Waals surface area contributed by atoms with E-state index in [4.69, 9.17) is 5.73 Å². The largest absolute Gasteiger partial charge is 0.353 e. The lowest BCUT2D eigenvalue weighted by atomic mass is 9.87. The third-order valence-corrected chi connectivity index (χ3v) is 2.44. The van der Waals surface area contributed by atoms with E-state index in [1.165, 1.54) is 0 Å². The summed E-state index contributed by atoms with van der Waals surface area (Å²) in [5.74, 6) is -0.104. The van der Waals surface area contributed by atoms with Crippen molar-refractivity contribution in [1.29, 1.82) is 0 Å². The van der Waals surface area contributed by atoms with Crippen molar-refractivity contribution in [2.75, 3.05) is 6.54 Å². The fourth-order valence-corrected chi connectivity index (χ4v) is 1.23. The van der Waals surface area contributed by atoms with Crippen molar-refractivity contribution in [3.8, 4) is 0 Å². The molecule has 0 saturated carbocycles. The number of nitrogens with two attached hydrogens (primary N) is 1. The van der Waals surface area contributed by atoms with E-state index in [1.54, 1.807) is 12.5 Å². The molecule has 1 heterocycles. The lowest BCUT2D eigenvalue weighted by molar-refractivity contribution is -0.124. The number of nitrogens with one attached hydrogen (secondary N) is 1. The molecule has 0 saturated heterocycles. The number of carbonyl (C=O) groups excluding carboxylic acids is 1. The summed E-state index contributed by atoms with van der Waals surface area (Å²) in [6, 6.07) is -0.477. The van der Waals surface area contributed by atoms with Crippen molar-refractivity contribution in [2.24, 2.45) is 11.1 Å². The lowest BCUT2D eigenvalue weighted by Crippen LogP contribution is -2.49. The monoisotopic (exact) mass is 296 g/mol. The molecule has 1 amide bonds. The molecule has 0 aliphatic carbocycles. The van der Waals surface area contributed by atoms with Gasteiger partial charge in [0.05, 0.1) is 12.4 Å². The molecule has 0 unspecified atom stereocenters. The number of amides is 1. The summed E-state index contributed by atoms with van der Waals surface area (Å²) >= 11 is 0. The van der Waals surface area contributed by atoms with E-state index in [9.17, 15) is 4.79 Å². The molecule has 0 aromatic carbocycles. The van der Waals surface area contributed by atoms with E-state index < -0.39 is 6.04 Å². The van der Waals surface area contributed by atoms with Crippen molar-refractivity contribution >= 4 is 30.7 Å². The Kier molecular flexibility index (Phi) is 9.07. The van der Waals surface area contributed by atoms with E-state index in [-0.39, 0.29) is 36.1 Å². The van der Waals surface area contributed by atoms with Crippen molar-refractivity contribution in [2.45, 2.75) is 33.4 Å². The summed E-state index contributed by atoms with van der Waals surface area (Å²) in [6.45, 7) is 7.13. The van der Waals surface area contributed by atoms with Crippen molar-refractivity contribution in [1.82, 2.24) is 14.9 Å². The van der Waals surface area contributed by atoms with Gasteiger partial charge in [0.25, 0.3) is 0 Å². The Morgan fingerprint density at radius 3 is 2.50 bits per heavy atom. The van der Waals surface area contributed by atoms with Crippen LogP contribution < -0.4 is 11.1 Å². The minimum atomic E-state index is -0.477. The van der Waals surface area contributed by atoms with E-state index in [0.717, 1.165) is 0 Å². The number of rotatable bonds is 4. The maximum Gasteiger partial charge on any atom is 0.237 e. The third kappa shape index (κ3) is 6.23. The van der Waals surface area contributed by atoms with Gasteiger partial charge in [-0.25, -0.2) is 4.98 Å². The first-order chi connectivity index (χ1) is 7.41. The first-order valence-corrected chi connectivity index (χ1v) is 5.40. The van der Waals surface area contributed by atoms with Gasteiger partial charge in [-0.1, -0.05) is 20.8 Å². The number of aromatic nitrogens is 2. The smallest absolute Gasteiger partial charge is 0.237 e. The van der Waals surface area contributed by atoms with Crippen LogP contribution in [0, 0.1) is 5.41 Å². The van der Waals surface area contributed by atoms with Crippen molar-refractivity contribution in [3.63, 3.8) is 0 Å². The molecule has 1 atom stereocenters. The SMILES string of the molecule is CC(C)(C)[C@H](N)C(=O)NCCn1ccnc1.Cl.Cl. The normalized spacial score (nSPS) is 12.0. The summed E-state index contributed by atoms with van der Waals surface area (Å²) in [7, 11) is 0. The highest BCUT2D eigenvalue weighted by atomic mass is 35.5. The van der Waals surface area contributed by atoms with Crippen molar-refractivity contribution in [3.05, 3.63) is 18.7 Å². The fraction of sp³-hybridized carbons (Fsp3) is 0.636. The van der Waals surface area contributed by atoms with Gasteiger partial charge in [-0.15, -0.1) is 24.8 Å². The molecule has 7 heteroatoms. The zero-order valence-corrected chi connectivity index (χ0v) is 12.6. The average Bonchev–Trinajstić information content (AvgIpc) is 2.67. The van der Waals surface area contributed by atoms with Crippen LogP contribution >= 0.6 is 24.8 Å². The van der Waals surface area contributed by atoms with E-state index in [2.05, 4.69) is 10.3 Å². The molecule has 5 nitrogen and oxygen atoms in total. The summed E-state index contributed by atoms with van der Waals surface area (Å²) in [5, 5.41) is 2.81. The van der Waals surface area contributed by atoms with Gasteiger partial charge < -0.3 is 15.6 Å². The first-order valence-electron chi connectivity index (χ1n) is 5.40. The minimum Gasteiger partial charge on any atom is -0.353 e. The highest BCUT2D eigenvalue weighted by Crippen LogP contribution is 2.16. The van der Waals surface area contributed by atoms with Gasteiger partial charge in [0.15, 0.2) is 0 Å². The van der Waals surface area contributed by atoms with Gasteiger partial charge in [-0.3, -0.25) is 4.79 Å². The van der Waals surface area contributed by atoms with Gasteiger partial charge in [-0.2, -0.15) is 0 Å². The fourth-order valence-electron chi connectivity index (χ4n) is 1.23. The minimum absolute atomic E-state index is 0. The Balaban J connectivity index is 0. The average molecular weight is 297 g/mol. The molecule has 1 aromatic rings. The molecule has 1 rings (SSSR count). The van der Waals surface area contributed by atoms with Gasteiger partial charge >= 0.3 is 0 Å². The van der Waals surface area contributed by atoms with E-state index >= 15 is 0 Å². The summed E-state index contributed by atoms with van der Waals surface area (Å²) < 4.78 is 1.91. The zero-order chi connectivity index (χ0) is 12.2. The number of hydrogen-bond donors (Lipinski definition) is 2. The van der Waals surface area contributed by atoms with Crippen LogP contribution in [0.1, 0.15) is 20.8 Å². The van der Waals surface area contributed by atoms with Crippen LogP contribution in [0.5, 0.6) is 0 Å². The molecule has 0 spiro atoms. The standard InChI is InChI=1S/C11H20N4O.2ClH/c1-11(2,3)9(12)10(16)14-5-7-15-6-4-13-8-15;;/h4,6,8-9H,5,7,12H2,1-3H3,(H,14,16);2*1H/t9-;;/m1../s1. The molecule has 3 N–H and O–H groups in total. The number of halogens is 2. The zero-order valence-electron chi connectivity index (χ0n) is 10.9. The molecule has 0 radical (unpaired) electrons. The molecule has 106 valence electrons. The Labute approximate surface area is 120 Å². The molecule has 18 heavy (non-hydrogen) atoms. The second-order valence-electron chi connectivity index (χ2n) is 4.94. The predicted molar refractivity (Wildman–Crippen MR) is 77.2 cm³/mol. The molecule has 1 aromatic heterocycles. The van der Waals surface area contributed by atoms with Gasteiger partial charge in [0.1, 0.15) is 0 Å². The van der Waals surface area contributed by atoms with Crippen LogP contribution in [0.15, 0.2) is 18.7 Å². The van der Waals surface area contributed by atoms with Crippen LogP contribution in [-0.4, -0.2) is 28.0 Å². The van der Waals surface area contributed by atoms with Crippen LogP contribution in [-0.2, 0) is 11.3 Å². The number of imidazole rings is 1. The number of nitrogens with zero attached hydrogens (tertiary/aromatic N) is 2. The highest BCUT2D eigenvalue weighted by Gasteiger charge is 2.26. The van der Waals surface area contributed by atoms with E-state index in [0.29, 0.717) is 13.1 Å². The highest BCUT2D eigenvalue weighted by molar-refractivity contribution is 5.85. The number of hydrogen-bond acceptors (Lipinski definition) is 3. The number of carbonyl (C=O) groups is 1. The van der Waals surface area contributed by atoms with E-state index in [1.807, 2.05) is 31.5 Å². The van der Waals surface area contributed by atoms with Crippen molar-refractivity contribution < 1.29 is 4.79 Å². The predicted octanol–water partition coefficient (Wildman–Crippen LogP) is 1.22. The van der Waals surface area contributed by atoms with Gasteiger partial charge in [0, 0.05) is 25.5 Å². The Morgan fingerprint density at radius 1 is 1.44 bits per heavy atom. The third-order valence-electron chi connectivity index (χ3n) is 2.44.